The zero-order valence-corrected chi connectivity index (χ0v) is 19.7. The average Bonchev–Trinajstić information content (AvgIpc) is 3.13. The Hall–Kier alpha value is -2.54. The van der Waals surface area contributed by atoms with E-state index in [4.69, 9.17) is 4.74 Å². The molecule has 0 radical (unpaired) electrons. The third-order valence-electron chi connectivity index (χ3n) is 7.10. The van der Waals surface area contributed by atoms with Gasteiger partial charge in [-0.2, -0.15) is 0 Å². The van der Waals surface area contributed by atoms with Gasteiger partial charge in [-0.3, -0.25) is 9.69 Å². The summed E-state index contributed by atoms with van der Waals surface area (Å²) in [5.74, 6) is 0.104. The number of likely N-dealkylation sites (tertiary alicyclic amines) is 1. The van der Waals surface area contributed by atoms with Gasteiger partial charge in [-0.05, 0) is 56.8 Å². The second-order valence-corrected chi connectivity index (χ2v) is 9.06. The number of nitrogens with zero attached hydrogens (tertiary/aromatic N) is 2. The maximum Gasteiger partial charge on any atom is 0.317 e. The molecule has 2 aliphatic rings. The van der Waals surface area contributed by atoms with Crippen LogP contribution in [0.3, 0.4) is 0 Å². The van der Waals surface area contributed by atoms with Gasteiger partial charge in [0, 0.05) is 55.5 Å². The van der Waals surface area contributed by atoms with Crippen molar-refractivity contribution in [2.45, 2.75) is 71.6 Å². The summed E-state index contributed by atoms with van der Waals surface area (Å²) in [6.45, 7) is 11.3. The van der Waals surface area contributed by atoms with Crippen molar-refractivity contribution < 1.29 is 14.3 Å². The lowest BCUT2D eigenvalue weighted by molar-refractivity contribution is -0.142. The summed E-state index contributed by atoms with van der Waals surface area (Å²) in [5, 5.41) is 4.60. The number of aromatic nitrogens is 1. The fourth-order valence-electron chi connectivity index (χ4n) is 5.68. The quantitative estimate of drug-likeness (QED) is 0.643. The number of esters is 1. The number of benzene rings is 1. The number of urea groups is 1. The van der Waals surface area contributed by atoms with Crippen molar-refractivity contribution in [3.05, 3.63) is 35.0 Å². The molecule has 7 heteroatoms. The predicted molar refractivity (Wildman–Crippen MR) is 126 cm³/mol. The van der Waals surface area contributed by atoms with Gasteiger partial charge in [0.1, 0.15) is 6.61 Å². The zero-order valence-electron chi connectivity index (χ0n) is 19.7. The number of fused-ring (bicyclic) bond motifs is 2. The number of piperidine rings is 1. The summed E-state index contributed by atoms with van der Waals surface area (Å²) in [6, 6.07) is 7.01. The molecule has 1 aliphatic heterocycles. The van der Waals surface area contributed by atoms with E-state index in [1.807, 2.05) is 18.7 Å². The minimum Gasteiger partial charge on any atom is -0.459 e. The maximum atomic E-state index is 12.8. The van der Waals surface area contributed by atoms with Crippen LogP contribution in [0.5, 0.6) is 0 Å². The van der Waals surface area contributed by atoms with Gasteiger partial charge in [0.2, 0.25) is 0 Å². The molecule has 0 bridgehead atoms. The van der Waals surface area contributed by atoms with Gasteiger partial charge in [-0.15, -0.1) is 0 Å². The number of hydrogen-bond acceptors (Lipinski definition) is 4. The molecule has 2 heterocycles. The van der Waals surface area contributed by atoms with E-state index in [0.717, 1.165) is 56.7 Å². The molecule has 2 amide bonds. The number of rotatable bonds is 7. The summed E-state index contributed by atoms with van der Waals surface area (Å²) in [5.41, 5.74) is 4.75. The van der Waals surface area contributed by atoms with Crippen LogP contribution in [0.2, 0.25) is 0 Å². The topological polar surface area (TPSA) is 77.7 Å². The number of nitrogens with one attached hydrogen (secondary N) is 2. The Morgan fingerprint density at radius 3 is 2.72 bits per heavy atom. The fraction of sp³-hybridized carbons (Fsp3) is 0.600. The van der Waals surface area contributed by atoms with Crippen molar-refractivity contribution in [1.82, 2.24) is 20.1 Å². The minimum absolute atomic E-state index is 0.0370. The summed E-state index contributed by atoms with van der Waals surface area (Å²) < 4.78 is 5.34. The van der Waals surface area contributed by atoms with E-state index in [1.165, 1.54) is 23.4 Å². The highest BCUT2D eigenvalue weighted by atomic mass is 16.5. The molecule has 0 spiro atoms. The fourth-order valence-corrected chi connectivity index (χ4v) is 5.68. The molecule has 1 saturated heterocycles. The number of H-pyrrole nitrogens is 1. The third kappa shape index (κ3) is 4.22. The Morgan fingerprint density at radius 1 is 1.25 bits per heavy atom. The summed E-state index contributed by atoms with van der Waals surface area (Å²) in [6.07, 6.45) is 2.96. The lowest BCUT2D eigenvalue weighted by Gasteiger charge is -2.47. The molecule has 1 unspecified atom stereocenters. The van der Waals surface area contributed by atoms with E-state index >= 15 is 0 Å². The number of ether oxygens (including phenoxy) is 1. The molecular weight excluding hydrogens is 404 g/mol. The minimum atomic E-state index is -0.262. The van der Waals surface area contributed by atoms with Gasteiger partial charge >= 0.3 is 12.0 Å². The molecule has 2 N–H and O–H groups in total. The van der Waals surface area contributed by atoms with Crippen LogP contribution in [-0.4, -0.2) is 65.0 Å². The van der Waals surface area contributed by atoms with E-state index in [2.05, 4.69) is 40.3 Å². The summed E-state index contributed by atoms with van der Waals surface area (Å²) >= 11 is 0. The first-order valence-corrected chi connectivity index (χ1v) is 12.0. The number of aromatic amines is 1. The first-order valence-electron chi connectivity index (χ1n) is 12.0. The normalized spacial score (nSPS) is 22.4. The van der Waals surface area contributed by atoms with Gasteiger partial charge in [-0.1, -0.05) is 19.1 Å². The summed E-state index contributed by atoms with van der Waals surface area (Å²) in [4.78, 5) is 32.1. The SMILES string of the molecule is CCCN1C[C@@H](NC(=O)N(CC)CC)CC2c3cccc4[nH]c(COC(C)=O)c(c34)C[C@H]21. The van der Waals surface area contributed by atoms with Crippen molar-refractivity contribution in [2.24, 2.45) is 0 Å². The Morgan fingerprint density at radius 2 is 2.03 bits per heavy atom. The average molecular weight is 441 g/mol. The molecule has 32 heavy (non-hydrogen) atoms. The van der Waals surface area contributed by atoms with Crippen LogP contribution in [0, 0.1) is 0 Å². The highest BCUT2D eigenvalue weighted by Gasteiger charge is 2.41. The highest BCUT2D eigenvalue weighted by Crippen LogP contribution is 2.44. The van der Waals surface area contributed by atoms with E-state index < -0.39 is 0 Å². The van der Waals surface area contributed by atoms with Crippen LogP contribution in [-0.2, 0) is 22.6 Å². The molecule has 3 atom stereocenters. The maximum absolute atomic E-state index is 12.8. The van der Waals surface area contributed by atoms with Gasteiger partial charge in [-0.25, -0.2) is 4.79 Å². The molecular formula is C25H36N4O3. The first-order chi connectivity index (χ1) is 15.5. The standard InChI is InChI=1S/C25H36N4O3/c1-5-11-29-14-17(26-25(31)28(6-2)7-3)12-19-18-9-8-10-21-24(18)20(13-23(19)29)22(27-21)15-32-16(4)30/h8-10,17,19,23,27H,5-7,11-15H2,1-4H3,(H,26,31)/t17-,19?,23+/m0/s1. The van der Waals surface area contributed by atoms with Crippen LogP contribution in [0.15, 0.2) is 18.2 Å². The van der Waals surface area contributed by atoms with Crippen LogP contribution in [0.1, 0.15) is 63.3 Å². The second-order valence-electron chi connectivity index (χ2n) is 9.06. The van der Waals surface area contributed by atoms with Crippen LogP contribution in [0.4, 0.5) is 4.79 Å². The van der Waals surface area contributed by atoms with E-state index in [1.54, 1.807) is 0 Å². The largest absolute Gasteiger partial charge is 0.459 e. The lowest BCUT2D eigenvalue weighted by atomic mass is 9.73. The number of amides is 2. The van der Waals surface area contributed by atoms with Crippen LogP contribution < -0.4 is 5.32 Å². The molecule has 1 fully saturated rings. The molecule has 4 rings (SSSR count). The van der Waals surface area contributed by atoms with Crippen LogP contribution in [0.25, 0.3) is 10.9 Å². The number of carbonyl (C=O) groups excluding carboxylic acids is 2. The second kappa shape index (κ2) is 9.53. The van der Waals surface area contributed by atoms with E-state index in [-0.39, 0.29) is 24.6 Å². The van der Waals surface area contributed by atoms with Gasteiger partial charge in [0.05, 0.1) is 5.69 Å². The van der Waals surface area contributed by atoms with Crippen molar-refractivity contribution in [3.8, 4) is 0 Å². The molecule has 7 nitrogen and oxygen atoms in total. The van der Waals surface area contributed by atoms with E-state index in [9.17, 15) is 9.59 Å². The number of hydrogen-bond donors (Lipinski definition) is 2. The molecule has 2 aromatic rings. The third-order valence-corrected chi connectivity index (χ3v) is 7.10. The highest BCUT2D eigenvalue weighted by molar-refractivity contribution is 5.90. The lowest BCUT2D eigenvalue weighted by Crippen LogP contribution is -2.58. The Balaban J connectivity index is 1.66. The van der Waals surface area contributed by atoms with Crippen molar-refractivity contribution in [2.75, 3.05) is 26.2 Å². The summed E-state index contributed by atoms with van der Waals surface area (Å²) in [7, 11) is 0. The van der Waals surface area contributed by atoms with Gasteiger partial charge in [0.15, 0.2) is 0 Å². The van der Waals surface area contributed by atoms with Gasteiger partial charge in [0.25, 0.3) is 0 Å². The van der Waals surface area contributed by atoms with E-state index in [0.29, 0.717) is 12.0 Å². The Labute approximate surface area is 190 Å². The van der Waals surface area contributed by atoms with Crippen molar-refractivity contribution >= 4 is 22.9 Å². The molecule has 1 aromatic carbocycles. The monoisotopic (exact) mass is 440 g/mol. The zero-order chi connectivity index (χ0) is 22.8. The predicted octanol–water partition coefficient (Wildman–Crippen LogP) is 3.78. The molecule has 1 aliphatic carbocycles. The smallest absolute Gasteiger partial charge is 0.317 e. The van der Waals surface area contributed by atoms with Crippen LogP contribution >= 0.6 is 0 Å². The molecule has 0 saturated carbocycles. The van der Waals surface area contributed by atoms with Gasteiger partial charge < -0.3 is 19.9 Å². The number of carbonyl (C=O) groups is 2. The van der Waals surface area contributed by atoms with Crippen molar-refractivity contribution in [3.63, 3.8) is 0 Å². The Kier molecular flexibility index (Phi) is 6.74. The molecule has 174 valence electrons. The van der Waals surface area contributed by atoms with Crippen molar-refractivity contribution in [1.29, 1.82) is 0 Å². The molecule has 1 aromatic heterocycles. The Bertz CT molecular complexity index is 981. The first kappa shape index (κ1) is 22.6.